The Bertz CT molecular complexity index is 351. The fraction of sp³-hybridized carbons (Fsp3) is 0.824. The van der Waals surface area contributed by atoms with Gasteiger partial charge in [0, 0.05) is 0 Å². The average molecular weight is 298 g/mol. The first-order valence-electron chi connectivity index (χ1n) is 8.05. The molecular weight excluding hydrogens is 268 g/mol. The number of rotatable bonds is 7. The number of allylic oxidation sites excluding steroid dienone is 1. The quantitative estimate of drug-likeness (QED) is 0.404. The fourth-order valence-electron chi connectivity index (χ4n) is 2.67. The van der Waals surface area contributed by atoms with Gasteiger partial charge in [-0.3, -0.25) is 4.79 Å². The first-order valence-corrected chi connectivity index (χ1v) is 8.05. The molecule has 4 nitrogen and oxygen atoms in total. The second kappa shape index (κ2) is 8.54. The summed E-state index contributed by atoms with van der Waals surface area (Å²) in [5.74, 6) is 0.691. The molecule has 1 aliphatic heterocycles. The predicted octanol–water partition coefficient (Wildman–Crippen LogP) is 4.05. The summed E-state index contributed by atoms with van der Waals surface area (Å²) in [6.45, 7) is 8.63. The molecule has 21 heavy (non-hydrogen) atoms. The largest absolute Gasteiger partial charge is 0.469 e. The molecule has 4 heteroatoms. The molecular formula is C17H30O4. The van der Waals surface area contributed by atoms with Crippen LogP contribution in [0.2, 0.25) is 0 Å². The Morgan fingerprint density at radius 1 is 1.43 bits per heavy atom. The van der Waals surface area contributed by atoms with Crippen molar-refractivity contribution in [3.8, 4) is 0 Å². The lowest BCUT2D eigenvalue weighted by Crippen LogP contribution is -2.44. The van der Waals surface area contributed by atoms with Gasteiger partial charge in [-0.1, -0.05) is 46.3 Å². The number of methoxy groups -OCH3 is 1. The molecule has 3 unspecified atom stereocenters. The van der Waals surface area contributed by atoms with E-state index in [9.17, 15) is 4.79 Å². The van der Waals surface area contributed by atoms with Gasteiger partial charge in [-0.25, -0.2) is 9.78 Å². The van der Waals surface area contributed by atoms with Gasteiger partial charge >= 0.3 is 5.97 Å². The average Bonchev–Trinajstić information content (AvgIpc) is 2.48. The van der Waals surface area contributed by atoms with Crippen LogP contribution in [0.5, 0.6) is 0 Å². The molecule has 0 saturated carbocycles. The molecule has 0 bridgehead atoms. The maximum atomic E-state index is 11.4. The van der Waals surface area contributed by atoms with Crippen LogP contribution in [0.15, 0.2) is 12.2 Å². The number of esters is 1. The highest BCUT2D eigenvalue weighted by Crippen LogP contribution is 2.38. The third kappa shape index (κ3) is 5.44. The number of carbonyl (C=O) groups excluding carboxylic acids is 1. The minimum atomic E-state index is -0.359. The minimum Gasteiger partial charge on any atom is -0.469 e. The van der Waals surface area contributed by atoms with Gasteiger partial charge < -0.3 is 4.74 Å². The molecule has 1 saturated heterocycles. The zero-order chi connectivity index (χ0) is 15.9. The summed E-state index contributed by atoms with van der Waals surface area (Å²) < 4.78 is 4.73. The van der Waals surface area contributed by atoms with Crippen LogP contribution in [0.25, 0.3) is 0 Å². The van der Waals surface area contributed by atoms with Crippen LogP contribution in [0.3, 0.4) is 0 Å². The predicted molar refractivity (Wildman–Crippen MR) is 82.6 cm³/mol. The molecule has 0 aliphatic carbocycles. The molecule has 122 valence electrons. The van der Waals surface area contributed by atoms with E-state index >= 15 is 0 Å². The first-order chi connectivity index (χ1) is 9.96. The lowest BCUT2D eigenvalue weighted by molar-refractivity contribution is -0.409. The summed E-state index contributed by atoms with van der Waals surface area (Å²) in [5.41, 5.74) is -0.359. The van der Waals surface area contributed by atoms with Crippen molar-refractivity contribution >= 4 is 5.97 Å². The van der Waals surface area contributed by atoms with Crippen molar-refractivity contribution in [1.82, 2.24) is 0 Å². The number of hydrogen-bond donors (Lipinski definition) is 0. The van der Waals surface area contributed by atoms with Gasteiger partial charge in [-0.15, -0.1) is 0 Å². The van der Waals surface area contributed by atoms with E-state index in [2.05, 4.69) is 39.8 Å². The lowest BCUT2D eigenvalue weighted by atomic mass is 9.81. The summed E-state index contributed by atoms with van der Waals surface area (Å²) in [4.78, 5) is 22.7. The summed E-state index contributed by atoms with van der Waals surface area (Å²) >= 11 is 0. The van der Waals surface area contributed by atoms with Crippen LogP contribution in [0, 0.1) is 11.8 Å². The molecule has 3 atom stereocenters. The molecule has 1 heterocycles. The highest BCUT2D eigenvalue weighted by molar-refractivity contribution is 5.69. The minimum absolute atomic E-state index is 0.208. The smallest absolute Gasteiger partial charge is 0.308 e. The van der Waals surface area contributed by atoms with Gasteiger partial charge in [0.25, 0.3) is 0 Å². The zero-order valence-corrected chi connectivity index (χ0v) is 14.1. The third-order valence-electron chi connectivity index (χ3n) is 4.22. The summed E-state index contributed by atoms with van der Waals surface area (Å²) in [6.07, 6.45) is 8.12. The standard InChI is InChI=1S/C17H30O4/c1-6-14-12-17(7-2,10-8-9-13(3)4)21-20-15(14)11-16(18)19-5/h8,10,13-15H,6-7,9,11-12H2,1-5H3. The maximum Gasteiger partial charge on any atom is 0.308 e. The van der Waals surface area contributed by atoms with Crippen LogP contribution in [-0.2, 0) is 19.3 Å². The van der Waals surface area contributed by atoms with Gasteiger partial charge in [0.15, 0.2) is 0 Å². The van der Waals surface area contributed by atoms with E-state index in [4.69, 9.17) is 14.5 Å². The number of carbonyl (C=O) groups is 1. The number of hydrogen-bond acceptors (Lipinski definition) is 4. The van der Waals surface area contributed by atoms with Crippen molar-refractivity contribution in [1.29, 1.82) is 0 Å². The second-order valence-electron chi connectivity index (χ2n) is 6.32. The Labute approximate surface area is 128 Å². The van der Waals surface area contributed by atoms with Crippen LogP contribution in [0.1, 0.15) is 59.8 Å². The van der Waals surface area contributed by atoms with Gasteiger partial charge in [-0.2, -0.15) is 0 Å². The van der Waals surface area contributed by atoms with E-state index in [-0.39, 0.29) is 24.1 Å². The molecule has 0 aromatic carbocycles. The fourth-order valence-corrected chi connectivity index (χ4v) is 2.67. The van der Waals surface area contributed by atoms with Gasteiger partial charge in [0.1, 0.15) is 11.7 Å². The van der Waals surface area contributed by atoms with Crippen LogP contribution in [0.4, 0.5) is 0 Å². The first kappa shape index (κ1) is 18.2. The second-order valence-corrected chi connectivity index (χ2v) is 6.32. The van der Waals surface area contributed by atoms with Crippen molar-refractivity contribution in [2.75, 3.05) is 7.11 Å². The molecule has 1 aliphatic rings. The zero-order valence-electron chi connectivity index (χ0n) is 14.1. The Hall–Kier alpha value is -0.870. The van der Waals surface area contributed by atoms with Crippen molar-refractivity contribution in [2.45, 2.75) is 71.5 Å². The topological polar surface area (TPSA) is 44.8 Å². The van der Waals surface area contributed by atoms with E-state index in [1.165, 1.54) is 7.11 Å². The van der Waals surface area contributed by atoms with Crippen LogP contribution < -0.4 is 0 Å². The Kier molecular flexibility index (Phi) is 7.40. The molecule has 0 radical (unpaired) electrons. The van der Waals surface area contributed by atoms with E-state index in [0.29, 0.717) is 11.8 Å². The number of ether oxygens (including phenoxy) is 1. The van der Waals surface area contributed by atoms with Gasteiger partial charge in [0.05, 0.1) is 13.5 Å². The molecule has 1 rings (SSSR count). The van der Waals surface area contributed by atoms with E-state index in [1.807, 2.05) is 0 Å². The maximum absolute atomic E-state index is 11.4. The molecule has 0 amide bonds. The molecule has 0 aromatic heterocycles. The Morgan fingerprint density at radius 2 is 2.14 bits per heavy atom. The van der Waals surface area contributed by atoms with Gasteiger partial charge in [-0.05, 0) is 31.1 Å². The van der Waals surface area contributed by atoms with Crippen molar-refractivity contribution in [2.24, 2.45) is 11.8 Å². The van der Waals surface area contributed by atoms with Gasteiger partial charge in [0.2, 0.25) is 0 Å². The summed E-state index contributed by atoms with van der Waals surface area (Å²) in [5, 5.41) is 0. The SMILES string of the molecule is CCC1CC(C=CCC(C)C)(CC)OOC1CC(=O)OC. The van der Waals surface area contributed by atoms with Crippen LogP contribution >= 0.6 is 0 Å². The van der Waals surface area contributed by atoms with Crippen molar-refractivity contribution < 1.29 is 19.3 Å². The third-order valence-corrected chi connectivity index (χ3v) is 4.22. The molecule has 0 aromatic rings. The lowest BCUT2D eigenvalue weighted by Gasteiger charge is -2.41. The highest BCUT2D eigenvalue weighted by Gasteiger charge is 2.41. The Balaban J connectivity index is 2.71. The van der Waals surface area contributed by atoms with Crippen molar-refractivity contribution in [3.05, 3.63) is 12.2 Å². The van der Waals surface area contributed by atoms with Crippen LogP contribution in [-0.4, -0.2) is 24.8 Å². The highest BCUT2D eigenvalue weighted by atomic mass is 17.2. The van der Waals surface area contributed by atoms with Crippen molar-refractivity contribution in [3.63, 3.8) is 0 Å². The normalized spacial score (nSPS) is 30.0. The molecule has 0 N–H and O–H groups in total. The summed E-state index contributed by atoms with van der Waals surface area (Å²) in [7, 11) is 1.40. The van der Waals surface area contributed by atoms with E-state index in [1.54, 1.807) is 0 Å². The van der Waals surface area contributed by atoms with E-state index < -0.39 is 0 Å². The van der Waals surface area contributed by atoms with E-state index in [0.717, 1.165) is 25.7 Å². The monoisotopic (exact) mass is 298 g/mol. The molecule has 1 fully saturated rings. The molecule has 0 spiro atoms. The Morgan fingerprint density at radius 3 is 2.67 bits per heavy atom. The summed E-state index contributed by atoms with van der Waals surface area (Å²) in [6, 6.07) is 0.